The summed E-state index contributed by atoms with van der Waals surface area (Å²) in [5.41, 5.74) is 1.64. The first-order chi connectivity index (χ1) is 11.5. The molecule has 2 aromatic heterocycles. The Labute approximate surface area is 144 Å². The van der Waals surface area contributed by atoms with Crippen molar-refractivity contribution in [1.29, 1.82) is 0 Å². The maximum absolute atomic E-state index is 12.6. The molecule has 7 heteroatoms. The van der Waals surface area contributed by atoms with Gasteiger partial charge in [0.1, 0.15) is 22.4 Å². The van der Waals surface area contributed by atoms with E-state index in [1.807, 2.05) is 11.8 Å². The Hall–Kier alpha value is -1.73. The Morgan fingerprint density at radius 3 is 2.88 bits per heavy atom. The summed E-state index contributed by atoms with van der Waals surface area (Å²) in [7, 11) is 0. The van der Waals surface area contributed by atoms with Crippen molar-refractivity contribution < 1.29 is 14.1 Å². The number of aromatic nitrogens is 2. The maximum Gasteiger partial charge on any atom is 0.259 e. The highest BCUT2D eigenvalue weighted by Gasteiger charge is 2.42. The number of amides is 1. The Kier molecular flexibility index (Phi) is 3.92. The van der Waals surface area contributed by atoms with Crippen LogP contribution in [-0.4, -0.2) is 40.1 Å². The normalized spacial score (nSPS) is 26.6. The van der Waals surface area contributed by atoms with Gasteiger partial charge in [-0.05, 0) is 39.5 Å². The lowest BCUT2D eigenvalue weighted by Gasteiger charge is -2.33. The van der Waals surface area contributed by atoms with Crippen LogP contribution in [0.1, 0.15) is 50.6 Å². The zero-order chi connectivity index (χ0) is 16.8. The summed E-state index contributed by atoms with van der Waals surface area (Å²) in [5, 5.41) is 4.78. The van der Waals surface area contributed by atoms with Gasteiger partial charge in [-0.1, -0.05) is 5.16 Å². The molecule has 128 valence electrons. The second-order valence-electron chi connectivity index (χ2n) is 6.69. The number of fused-ring (bicyclic) bond motifs is 1. The van der Waals surface area contributed by atoms with E-state index in [9.17, 15) is 4.79 Å². The number of piperidine rings is 1. The molecule has 3 atom stereocenters. The molecule has 2 aliphatic rings. The Bertz CT molecular complexity index is 749. The van der Waals surface area contributed by atoms with E-state index in [2.05, 4.69) is 17.1 Å². The molecule has 24 heavy (non-hydrogen) atoms. The number of nitrogens with zero attached hydrogens (tertiary/aromatic N) is 3. The molecule has 0 bridgehead atoms. The summed E-state index contributed by atoms with van der Waals surface area (Å²) in [6.07, 6.45) is 3.65. The zero-order valence-electron chi connectivity index (χ0n) is 14.1. The molecular formula is C17H21N3O3S. The number of hydrogen-bond acceptors (Lipinski definition) is 6. The highest BCUT2D eigenvalue weighted by Crippen LogP contribution is 2.42. The fourth-order valence-corrected chi connectivity index (χ4v) is 4.56. The topological polar surface area (TPSA) is 68.5 Å². The number of rotatable bonds is 2. The molecule has 0 spiro atoms. The smallest absolute Gasteiger partial charge is 0.259 e. The SMILES string of the molecule is Cc1nc([C@H]2C[C@H]3CCN(C(=O)c4cnoc4C)C[C@@H]3O2)sc1C. The molecule has 0 radical (unpaired) electrons. The third-order valence-corrected chi connectivity index (χ3v) is 6.31. The van der Waals surface area contributed by atoms with E-state index in [0.29, 0.717) is 23.8 Å². The molecule has 4 heterocycles. The van der Waals surface area contributed by atoms with Crippen LogP contribution in [0.5, 0.6) is 0 Å². The third-order valence-electron chi connectivity index (χ3n) is 5.14. The highest BCUT2D eigenvalue weighted by molar-refractivity contribution is 7.11. The van der Waals surface area contributed by atoms with Gasteiger partial charge in [-0.3, -0.25) is 4.79 Å². The summed E-state index contributed by atoms with van der Waals surface area (Å²) in [6.45, 7) is 7.30. The lowest BCUT2D eigenvalue weighted by molar-refractivity contribution is -0.00455. The number of carbonyl (C=O) groups excluding carboxylic acids is 1. The first-order valence-corrected chi connectivity index (χ1v) is 9.14. The number of ether oxygens (including phenoxy) is 1. The van der Waals surface area contributed by atoms with Gasteiger partial charge >= 0.3 is 0 Å². The van der Waals surface area contributed by atoms with E-state index in [4.69, 9.17) is 9.26 Å². The number of aryl methyl sites for hydroxylation is 3. The van der Waals surface area contributed by atoms with Crippen LogP contribution in [-0.2, 0) is 4.74 Å². The van der Waals surface area contributed by atoms with Crippen LogP contribution in [0.3, 0.4) is 0 Å². The molecule has 0 saturated carbocycles. The minimum absolute atomic E-state index is 0.0137. The number of thiazole rings is 1. The average molecular weight is 347 g/mol. The first kappa shape index (κ1) is 15.8. The summed E-state index contributed by atoms with van der Waals surface area (Å²) in [5.74, 6) is 1.06. The Balaban J connectivity index is 1.46. The molecule has 1 amide bonds. The van der Waals surface area contributed by atoms with Crippen LogP contribution in [0.15, 0.2) is 10.7 Å². The molecule has 2 aliphatic heterocycles. The fraction of sp³-hybridized carbons (Fsp3) is 0.588. The maximum atomic E-state index is 12.6. The Morgan fingerprint density at radius 2 is 2.21 bits per heavy atom. The van der Waals surface area contributed by atoms with E-state index >= 15 is 0 Å². The quantitative estimate of drug-likeness (QED) is 0.835. The van der Waals surface area contributed by atoms with Crippen molar-refractivity contribution in [3.63, 3.8) is 0 Å². The molecule has 6 nitrogen and oxygen atoms in total. The number of carbonyl (C=O) groups is 1. The van der Waals surface area contributed by atoms with Crippen LogP contribution < -0.4 is 0 Å². The van der Waals surface area contributed by atoms with E-state index in [1.54, 1.807) is 18.3 Å². The van der Waals surface area contributed by atoms with Gasteiger partial charge in [-0.15, -0.1) is 11.3 Å². The minimum atomic E-state index is -0.0137. The molecule has 0 aromatic carbocycles. The van der Waals surface area contributed by atoms with Crippen molar-refractivity contribution in [2.75, 3.05) is 13.1 Å². The van der Waals surface area contributed by atoms with Crippen LogP contribution >= 0.6 is 11.3 Å². The van der Waals surface area contributed by atoms with Crippen LogP contribution in [0.2, 0.25) is 0 Å². The van der Waals surface area contributed by atoms with E-state index in [1.165, 1.54) is 11.1 Å². The lowest BCUT2D eigenvalue weighted by Crippen LogP contribution is -2.45. The van der Waals surface area contributed by atoms with Gasteiger partial charge in [0.25, 0.3) is 5.91 Å². The summed E-state index contributed by atoms with van der Waals surface area (Å²) in [6, 6.07) is 0. The van der Waals surface area contributed by atoms with Crippen LogP contribution in [0.4, 0.5) is 0 Å². The van der Waals surface area contributed by atoms with Crippen molar-refractivity contribution in [2.24, 2.45) is 5.92 Å². The second kappa shape index (κ2) is 5.97. The largest absolute Gasteiger partial charge is 0.366 e. The van der Waals surface area contributed by atoms with Gasteiger partial charge in [0, 0.05) is 18.0 Å². The van der Waals surface area contributed by atoms with Crippen LogP contribution in [0, 0.1) is 26.7 Å². The predicted molar refractivity (Wildman–Crippen MR) is 89.1 cm³/mol. The van der Waals surface area contributed by atoms with Gasteiger partial charge in [0.05, 0.1) is 18.0 Å². The van der Waals surface area contributed by atoms with Crippen LogP contribution in [0.25, 0.3) is 0 Å². The molecule has 2 fully saturated rings. The van der Waals surface area contributed by atoms with Gasteiger partial charge < -0.3 is 14.2 Å². The van der Waals surface area contributed by atoms with Crippen molar-refractivity contribution in [3.05, 3.63) is 33.1 Å². The van der Waals surface area contributed by atoms with Gasteiger partial charge in [-0.25, -0.2) is 4.98 Å². The molecular weight excluding hydrogens is 326 g/mol. The van der Waals surface area contributed by atoms with Crippen molar-refractivity contribution >= 4 is 17.2 Å². The van der Waals surface area contributed by atoms with Gasteiger partial charge in [0.15, 0.2) is 0 Å². The molecule has 0 N–H and O–H groups in total. The van der Waals surface area contributed by atoms with Gasteiger partial charge in [0.2, 0.25) is 0 Å². The summed E-state index contributed by atoms with van der Waals surface area (Å²) in [4.78, 5) is 20.4. The van der Waals surface area contributed by atoms with E-state index < -0.39 is 0 Å². The van der Waals surface area contributed by atoms with E-state index in [0.717, 1.165) is 30.1 Å². The zero-order valence-corrected chi connectivity index (χ0v) is 14.9. The second-order valence-corrected chi connectivity index (χ2v) is 7.92. The highest BCUT2D eigenvalue weighted by atomic mass is 32.1. The van der Waals surface area contributed by atoms with Crippen molar-refractivity contribution in [3.8, 4) is 0 Å². The average Bonchev–Trinajstić information content (AvgIpc) is 3.25. The Morgan fingerprint density at radius 1 is 1.38 bits per heavy atom. The molecule has 0 unspecified atom stereocenters. The number of hydrogen-bond donors (Lipinski definition) is 0. The lowest BCUT2D eigenvalue weighted by atomic mass is 9.91. The standard InChI is InChI=1S/C17H21N3O3S/c1-9-11(3)24-16(19-9)14-6-12-4-5-20(8-15(12)22-14)17(21)13-7-18-23-10(13)2/h7,12,14-15H,4-6,8H2,1-3H3/t12-,14-,15+/m1/s1. The third kappa shape index (κ3) is 2.65. The summed E-state index contributed by atoms with van der Waals surface area (Å²) >= 11 is 1.73. The van der Waals surface area contributed by atoms with Crippen molar-refractivity contribution in [2.45, 2.75) is 45.8 Å². The molecule has 2 saturated heterocycles. The monoisotopic (exact) mass is 347 g/mol. The van der Waals surface area contributed by atoms with Crippen molar-refractivity contribution in [1.82, 2.24) is 15.0 Å². The summed E-state index contributed by atoms with van der Waals surface area (Å²) < 4.78 is 11.3. The predicted octanol–water partition coefficient (Wildman–Crippen LogP) is 3.05. The molecule has 0 aliphatic carbocycles. The fourth-order valence-electron chi connectivity index (χ4n) is 3.58. The van der Waals surface area contributed by atoms with Gasteiger partial charge in [-0.2, -0.15) is 0 Å². The van der Waals surface area contributed by atoms with E-state index in [-0.39, 0.29) is 18.1 Å². The molecule has 4 rings (SSSR count). The number of likely N-dealkylation sites (tertiary alicyclic amines) is 1. The minimum Gasteiger partial charge on any atom is -0.366 e. The first-order valence-electron chi connectivity index (χ1n) is 8.33. The molecule has 2 aromatic rings.